The Morgan fingerprint density at radius 1 is 1.18 bits per heavy atom. The number of fused-ring (bicyclic) bond motifs is 1. The summed E-state index contributed by atoms with van der Waals surface area (Å²) in [4.78, 5) is 10.3. The number of alkyl halides is 5. The molecule has 3 aromatic rings. The predicted octanol–water partition coefficient (Wildman–Crippen LogP) is 2.94. The number of nitrogens with two attached hydrogens (primary N) is 1. The van der Waals surface area contributed by atoms with E-state index in [1.807, 2.05) is 0 Å². The molecule has 1 saturated heterocycles. The SMILES string of the molecule is NC1CCN(c2nc(N[C@H]3C[C@H](O)C3)nc3c2cnn3-c2cccc(C(F)(F)F)c2)CC1(F)F. The number of aliphatic hydroxyl groups is 1. The molecule has 3 heterocycles. The van der Waals surface area contributed by atoms with Crippen molar-refractivity contribution in [1.29, 1.82) is 0 Å². The standard InChI is InChI=1S/C21H22F5N7O/c22-20(23)10-32(5-4-16(20)27)17-15-9-28-33(13-3-1-2-11(6-13)21(24,25)26)18(15)31-19(30-17)29-12-7-14(34)8-12/h1-3,6,9,12,14,16,34H,4-5,7-8,10,27H2,(H,29,30,31)/t12-,14-,16?. The second kappa shape index (κ2) is 8.01. The maximum Gasteiger partial charge on any atom is 0.416 e. The highest BCUT2D eigenvalue weighted by Gasteiger charge is 2.43. The molecule has 2 fully saturated rings. The minimum Gasteiger partial charge on any atom is -0.393 e. The van der Waals surface area contributed by atoms with Crippen LogP contribution in [0.2, 0.25) is 0 Å². The van der Waals surface area contributed by atoms with Crippen LogP contribution in [0.5, 0.6) is 0 Å². The summed E-state index contributed by atoms with van der Waals surface area (Å²) in [5.74, 6) is -2.83. The van der Waals surface area contributed by atoms with Crippen molar-refractivity contribution in [2.45, 2.75) is 49.5 Å². The number of halogens is 5. The summed E-state index contributed by atoms with van der Waals surface area (Å²) in [5, 5.41) is 17.2. The average molecular weight is 483 g/mol. The van der Waals surface area contributed by atoms with Gasteiger partial charge in [-0.05, 0) is 37.5 Å². The zero-order valence-corrected chi connectivity index (χ0v) is 17.8. The smallest absolute Gasteiger partial charge is 0.393 e. The number of nitrogens with one attached hydrogen (secondary N) is 1. The van der Waals surface area contributed by atoms with Crippen LogP contribution in [0.25, 0.3) is 16.7 Å². The van der Waals surface area contributed by atoms with E-state index in [0.29, 0.717) is 18.2 Å². The van der Waals surface area contributed by atoms with Gasteiger partial charge in [0.1, 0.15) is 5.82 Å². The third-order valence-corrected chi connectivity index (χ3v) is 6.23. The van der Waals surface area contributed by atoms with Crippen LogP contribution in [-0.2, 0) is 6.18 Å². The number of nitrogens with zero attached hydrogens (tertiary/aromatic N) is 5. The van der Waals surface area contributed by atoms with E-state index in [4.69, 9.17) is 5.73 Å². The van der Waals surface area contributed by atoms with Crippen LogP contribution >= 0.6 is 0 Å². The zero-order valence-electron chi connectivity index (χ0n) is 17.8. The lowest BCUT2D eigenvalue weighted by molar-refractivity contribution is -0.137. The number of aliphatic hydroxyl groups excluding tert-OH is 1. The summed E-state index contributed by atoms with van der Waals surface area (Å²) in [6.45, 7) is -0.435. The molecule has 182 valence electrons. The fourth-order valence-corrected chi connectivity index (χ4v) is 4.23. The average Bonchev–Trinajstić information content (AvgIpc) is 3.17. The number of aromatic nitrogens is 4. The normalized spacial score (nSPS) is 24.8. The van der Waals surface area contributed by atoms with Crippen molar-refractivity contribution >= 4 is 22.8 Å². The third-order valence-electron chi connectivity index (χ3n) is 6.23. The van der Waals surface area contributed by atoms with Gasteiger partial charge in [0.15, 0.2) is 5.65 Å². The van der Waals surface area contributed by atoms with E-state index in [-0.39, 0.29) is 42.1 Å². The van der Waals surface area contributed by atoms with Gasteiger partial charge >= 0.3 is 6.18 Å². The Bertz CT molecular complexity index is 1210. The van der Waals surface area contributed by atoms with Gasteiger partial charge in [0.2, 0.25) is 5.95 Å². The molecule has 5 rings (SSSR count). The quantitative estimate of drug-likeness (QED) is 0.490. The van der Waals surface area contributed by atoms with Gasteiger partial charge in [0, 0.05) is 12.6 Å². The van der Waals surface area contributed by atoms with Crippen LogP contribution in [0.1, 0.15) is 24.8 Å². The maximum absolute atomic E-state index is 14.4. The van der Waals surface area contributed by atoms with Crippen molar-refractivity contribution < 1.29 is 27.1 Å². The van der Waals surface area contributed by atoms with E-state index >= 15 is 0 Å². The van der Waals surface area contributed by atoms with Crippen LogP contribution in [0, 0.1) is 0 Å². The van der Waals surface area contributed by atoms with Crippen molar-refractivity contribution in [3.05, 3.63) is 36.0 Å². The van der Waals surface area contributed by atoms with Crippen molar-refractivity contribution in [2.75, 3.05) is 23.3 Å². The predicted molar refractivity (Wildman–Crippen MR) is 114 cm³/mol. The summed E-state index contributed by atoms with van der Waals surface area (Å²) in [6.07, 6.45) is -2.65. The Morgan fingerprint density at radius 2 is 1.94 bits per heavy atom. The third kappa shape index (κ3) is 4.13. The summed E-state index contributed by atoms with van der Waals surface area (Å²) >= 11 is 0. The Hall–Kier alpha value is -3.06. The molecule has 1 aromatic carbocycles. The second-order valence-electron chi connectivity index (χ2n) is 8.76. The zero-order chi connectivity index (χ0) is 24.3. The summed E-state index contributed by atoms with van der Waals surface area (Å²) in [5.41, 5.74) is 5.01. The number of hydrogen-bond donors (Lipinski definition) is 3. The fraction of sp³-hybridized carbons (Fsp3) is 0.476. The molecule has 1 saturated carbocycles. The minimum absolute atomic E-state index is 0.0395. The van der Waals surface area contributed by atoms with E-state index in [1.54, 1.807) is 0 Å². The largest absolute Gasteiger partial charge is 0.416 e. The van der Waals surface area contributed by atoms with Gasteiger partial charge in [-0.2, -0.15) is 28.2 Å². The van der Waals surface area contributed by atoms with Crippen molar-refractivity contribution in [3.63, 3.8) is 0 Å². The molecule has 1 unspecified atom stereocenters. The molecule has 0 spiro atoms. The lowest BCUT2D eigenvalue weighted by Crippen LogP contribution is -2.55. The van der Waals surface area contributed by atoms with Crippen molar-refractivity contribution in [2.24, 2.45) is 5.73 Å². The summed E-state index contributed by atoms with van der Waals surface area (Å²) in [6, 6.07) is 3.22. The van der Waals surface area contributed by atoms with E-state index in [0.717, 1.165) is 12.1 Å². The Morgan fingerprint density at radius 3 is 2.62 bits per heavy atom. The van der Waals surface area contributed by atoms with E-state index in [9.17, 15) is 27.1 Å². The molecule has 2 aliphatic rings. The molecule has 0 amide bonds. The molecule has 1 aliphatic heterocycles. The highest BCUT2D eigenvalue weighted by Crippen LogP contribution is 2.35. The van der Waals surface area contributed by atoms with Crippen LogP contribution in [0.4, 0.5) is 33.7 Å². The van der Waals surface area contributed by atoms with Crippen molar-refractivity contribution in [3.8, 4) is 5.69 Å². The van der Waals surface area contributed by atoms with Gasteiger partial charge in [-0.15, -0.1) is 0 Å². The van der Waals surface area contributed by atoms with E-state index < -0.39 is 36.4 Å². The number of benzene rings is 1. The Kier molecular flexibility index (Phi) is 5.35. The summed E-state index contributed by atoms with van der Waals surface area (Å²) < 4.78 is 69.8. The van der Waals surface area contributed by atoms with Gasteiger partial charge in [0.25, 0.3) is 5.92 Å². The fourth-order valence-electron chi connectivity index (χ4n) is 4.23. The molecule has 0 bridgehead atoms. The number of piperidine rings is 1. The van der Waals surface area contributed by atoms with Crippen LogP contribution in [0.15, 0.2) is 30.5 Å². The van der Waals surface area contributed by atoms with Gasteiger partial charge in [0.05, 0.1) is 41.5 Å². The molecular formula is C21H22F5N7O. The molecule has 13 heteroatoms. The van der Waals surface area contributed by atoms with E-state index in [1.165, 1.54) is 27.9 Å². The molecule has 1 atom stereocenters. The van der Waals surface area contributed by atoms with Crippen molar-refractivity contribution in [1.82, 2.24) is 19.7 Å². The van der Waals surface area contributed by atoms with Gasteiger partial charge in [-0.25, -0.2) is 13.5 Å². The Balaban J connectivity index is 1.60. The first kappa shape index (κ1) is 22.7. The first-order valence-electron chi connectivity index (χ1n) is 10.8. The lowest BCUT2D eigenvalue weighted by Gasteiger charge is -2.37. The Labute approximate surface area is 190 Å². The summed E-state index contributed by atoms with van der Waals surface area (Å²) in [7, 11) is 0. The minimum atomic E-state index is -4.55. The first-order chi connectivity index (χ1) is 16.0. The number of rotatable bonds is 4. The van der Waals surface area contributed by atoms with Crippen LogP contribution in [-0.4, -0.2) is 62.1 Å². The highest BCUT2D eigenvalue weighted by molar-refractivity contribution is 5.89. The molecule has 2 aromatic heterocycles. The molecule has 0 radical (unpaired) electrons. The van der Waals surface area contributed by atoms with Gasteiger partial charge in [-0.1, -0.05) is 6.07 Å². The second-order valence-corrected chi connectivity index (χ2v) is 8.76. The van der Waals surface area contributed by atoms with Crippen LogP contribution < -0.4 is 16.0 Å². The van der Waals surface area contributed by atoms with Crippen LogP contribution in [0.3, 0.4) is 0 Å². The number of hydrogen-bond acceptors (Lipinski definition) is 7. The molecule has 4 N–H and O–H groups in total. The molecule has 34 heavy (non-hydrogen) atoms. The molecular weight excluding hydrogens is 461 g/mol. The lowest BCUT2D eigenvalue weighted by atomic mass is 9.90. The van der Waals surface area contributed by atoms with Gasteiger partial charge in [-0.3, -0.25) is 0 Å². The monoisotopic (exact) mass is 483 g/mol. The number of anilines is 2. The van der Waals surface area contributed by atoms with E-state index in [2.05, 4.69) is 20.4 Å². The van der Waals surface area contributed by atoms with Gasteiger partial charge < -0.3 is 21.1 Å². The topological polar surface area (TPSA) is 105 Å². The maximum atomic E-state index is 14.4. The first-order valence-corrected chi connectivity index (χ1v) is 10.8. The molecule has 1 aliphatic carbocycles. The molecule has 8 nitrogen and oxygen atoms in total. The highest BCUT2D eigenvalue weighted by atomic mass is 19.4.